The molecular weight excluding hydrogens is 268 g/mol. The molecule has 0 aromatic heterocycles. The van der Waals surface area contributed by atoms with E-state index in [1.807, 2.05) is 13.8 Å². The first-order valence-electron chi connectivity index (χ1n) is 6.42. The fourth-order valence-corrected chi connectivity index (χ4v) is 2.30. The number of anilines is 1. The fourth-order valence-electron chi connectivity index (χ4n) is 2.30. The summed E-state index contributed by atoms with van der Waals surface area (Å²) in [4.78, 5) is 0. The minimum absolute atomic E-state index is 0.00909. The van der Waals surface area contributed by atoms with Gasteiger partial charge in [-0.15, -0.1) is 0 Å². The maximum atomic E-state index is 12.4. The zero-order valence-corrected chi connectivity index (χ0v) is 11.7. The van der Waals surface area contributed by atoms with Gasteiger partial charge in [-0.25, -0.2) is 0 Å². The highest BCUT2D eigenvalue weighted by atomic mass is 19.3. The molecule has 2 rings (SSSR count). The van der Waals surface area contributed by atoms with Crippen LogP contribution in [0, 0.1) is 5.41 Å². The van der Waals surface area contributed by atoms with E-state index in [4.69, 9.17) is 4.74 Å². The summed E-state index contributed by atoms with van der Waals surface area (Å²) >= 11 is 0. The summed E-state index contributed by atoms with van der Waals surface area (Å²) in [6.45, 7) is 1.01. The average molecular weight is 287 g/mol. The Morgan fingerprint density at radius 3 is 2.55 bits per heavy atom. The van der Waals surface area contributed by atoms with Gasteiger partial charge in [0.1, 0.15) is 0 Å². The summed E-state index contributed by atoms with van der Waals surface area (Å²) in [6.07, 6.45) is 0.277. The second kappa shape index (κ2) is 5.44. The zero-order chi connectivity index (χ0) is 14.9. The van der Waals surface area contributed by atoms with Crippen molar-refractivity contribution in [1.82, 2.24) is 0 Å². The predicted molar refractivity (Wildman–Crippen MR) is 71.4 cm³/mol. The van der Waals surface area contributed by atoms with Crippen LogP contribution < -0.4 is 14.8 Å². The number of aliphatic hydroxyl groups is 1. The van der Waals surface area contributed by atoms with Crippen molar-refractivity contribution in [1.29, 1.82) is 0 Å². The van der Waals surface area contributed by atoms with E-state index in [0.717, 1.165) is 0 Å². The first-order chi connectivity index (χ1) is 9.34. The Hall–Kier alpha value is -1.56. The Bertz CT molecular complexity index is 479. The molecule has 0 spiro atoms. The Labute approximate surface area is 116 Å². The molecule has 2 N–H and O–H groups in total. The number of ether oxygens (including phenoxy) is 2. The van der Waals surface area contributed by atoms with Crippen molar-refractivity contribution in [2.75, 3.05) is 12.4 Å². The summed E-state index contributed by atoms with van der Waals surface area (Å²) in [7, 11) is 1.40. The second-order valence-electron chi connectivity index (χ2n) is 5.51. The van der Waals surface area contributed by atoms with Crippen molar-refractivity contribution in [3.63, 3.8) is 0 Å². The van der Waals surface area contributed by atoms with Gasteiger partial charge < -0.3 is 19.9 Å². The van der Waals surface area contributed by atoms with E-state index >= 15 is 0 Å². The number of halogens is 2. The summed E-state index contributed by atoms with van der Waals surface area (Å²) in [5.41, 5.74) is 0.412. The molecule has 1 aromatic carbocycles. The highest BCUT2D eigenvalue weighted by molar-refractivity contribution is 5.55. The molecule has 112 valence electrons. The second-order valence-corrected chi connectivity index (χ2v) is 5.51. The molecular formula is C14H19F2NO3. The molecule has 1 aliphatic carbocycles. The van der Waals surface area contributed by atoms with E-state index < -0.39 is 6.61 Å². The van der Waals surface area contributed by atoms with Crippen LogP contribution in [0.3, 0.4) is 0 Å². The fraction of sp³-hybridized carbons (Fsp3) is 0.571. The van der Waals surface area contributed by atoms with Crippen molar-refractivity contribution < 1.29 is 23.4 Å². The van der Waals surface area contributed by atoms with Gasteiger partial charge in [0.05, 0.1) is 13.2 Å². The van der Waals surface area contributed by atoms with Gasteiger partial charge in [0, 0.05) is 23.2 Å². The van der Waals surface area contributed by atoms with Crippen LogP contribution in [0.4, 0.5) is 14.5 Å². The Morgan fingerprint density at radius 2 is 2.05 bits per heavy atom. The molecule has 0 heterocycles. The van der Waals surface area contributed by atoms with Gasteiger partial charge in [-0.2, -0.15) is 8.78 Å². The van der Waals surface area contributed by atoms with Crippen LogP contribution >= 0.6 is 0 Å². The molecule has 6 heteroatoms. The maximum Gasteiger partial charge on any atom is 0.387 e. The van der Waals surface area contributed by atoms with Crippen molar-refractivity contribution in [2.24, 2.45) is 5.41 Å². The number of alkyl halides is 2. The average Bonchev–Trinajstić information content (AvgIpc) is 2.38. The van der Waals surface area contributed by atoms with Crippen LogP contribution in [0.15, 0.2) is 18.2 Å². The van der Waals surface area contributed by atoms with Crippen molar-refractivity contribution in [3.8, 4) is 11.5 Å². The Balaban J connectivity index is 2.13. The van der Waals surface area contributed by atoms with Gasteiger partial charge in [-0.05, 0) is 18.6 Å². The molecule has 0 radical (unpaired) electrons. The minimum atomic E-state index is -2.90. The molecule has 2 atom stereocenters. The molecule has 2 unspecified atom stereocenters. The number of aliphatic hydroxyl groups excluding tert-OH is 1. The first-order valence-corrected chi connectivity index (χ1v) is 6.42. The lowest BCUT2D eigenvalue weighted by Gasteiger charge is -2.49. The molecule has 20 heavy (non-hydrogen) atoms. The van der Waals surface area contributed by atoms with E-state index in [2.05, 4.69) is 10.1 Å². The quantitative estimate of drug-likeness (QED) is 0.874. The van der Waals surface area contributed by atoms with E-state index in [-0.39, 0.29) is 29.1 Å². The topological polar surface area (TPSA) is 50.7 Å². The van der Waals surface area contributed by atoms with Gasteiger partial charge in [-0.3, -0.25) is 0 Å². The molecule has 0 bridgehead atoms. The first kappa shape index (κ1) is 14.8. The lowest BCUT2D eigenvalue weighted by molar-refractivity contribution is -0.0519. The van der Waals surface area contributed by atoms with E-state index in [9.17, 15) is 13.9 Å². The number of methoxy groups -OCH3 is 1. The van der Waals surface area contributed by atoms with E-state index in [0.29, 0.717) is 12.1 Å². The summed E-state index contributed by atoms with van der Waals surface area (Å²) in [6, 6.07) is 4.87. The van der Waals surface area contributed by atoms with Crippen molar-refractivity contribution in [3.05, 3.63) is 18.2 Å². The third-order valence-electron chi connectivity index (χ3n) is 3.94. The lowest BCUT2D eigenvalue weighted by atomic mass is 9.64. The van der Waals surface area contributed by atoms with Crippen LogP contribution in [-0.4, -0.2) is 31.0 Å². The van der Waals surface area contributed by atoms with E-state index in [1.165, 1.54) is 13.2 Å². The van der Waals surface area contributed by atoms with Crippen LogP contribution in [-0.2, 0) is 0 Å². The Morgan fingerprint density at radius 1 is 1.35 bits per heavy atom. The number of hydrogen-bond acceptors (Lipinski definition) is 4. The van der Waals surface area contributed by atoms with Gasteiger partial charge in [-0.1, -0.05) is 13.8 Å². The minimum Gasteiger partial charge on any atom is -0.493 e. The maximum absolute atomic E-state index is 12.4. The monoisotopic (exact) mass is 287 g/mol. The molecule has 0 amide bonds. The number of nitrogens with one attached hydrogen (secondary N) is 1. The van der Waals surface area contributed by atoms with Crippen LogP contribution in [0.5, 0.6) is 11.5 Å². The van der Waals surface area contributed by atoms with Crippen molar-refractivity contribution in [2.45, 2.75) is 39.0 Å². The molecule has 1 saturated carbocycles. The number of hydrogen-bond donors (Lipinski definition) is 2. The smallest absolute Gasteiger partial charge is 0.387 e. The molecule has 0 aliphatic heterocycles. The third kappa shape index (κ3) is 2.80. The van der Waals surface area contributed by atoms with Gasteiger partial charge >= 0.3 is 6.61 Å². The summed E-state index contributed by atoms with van der Waals surface area (Å²) < 4.78 is 34.1. The van der Waals surface area contributed by atoms with E-state index in [1.54, 1.807) is 12.1 Å². The highest BCUT2D eigenvalue weighted by Gasteiger charge is 2.47. The van der Waals surface area contributed by atoms with Crippen LogP contribution in [0.1, 0.15) is 20.3 Å². The largest absolute Gasteiger partial charge is 0.493 e. The predicted octanol–water partition coefficient (Wildman–Crippen LogP) is 2.87. The van der Waals surface area contributed by atoms with Gasteiger partial charge in [0.15, 0.2) is 11.5 Å². The van der Waals surface area contributed by atoms with Crippen molar-refractivity contribution >= 4 is 5.69 Å². The van der Waals surface area contributed by atoms with Crippen LogP contribution in [0.2, 0.25) is 0 Å². The third-order valence-corrected chi connectivity index (χ3v) is 3.94. The molecule has 1 fully saturated rings. The summed E-state index contributed by atoms with van der Waals surface area (Å²) in [5.74, 6) is 0.244. The molecule has 4 nitrogen and oxygen atoms in total. The molecule has 1 aromatic rings. The lowest BCUT2D eigenvalue weighted by Crippen LogP contribution is -2.56. The van der Waals surface area contributed by atoms with Gasteiger partial charge in [0.25, 0.3) is 0 Å². The Kier molecular flexibility index (Phi) is 4.04. The van der Waals surface area contributed by atoms with Crippen LogP contribution in [0.25, 0.3) is 0 Å². The zero-order valence-electron chi connectivity index (χ0n) is 11.7. The molecule has 1 aliphatic rings. The highest BCUT2D eigenvalue weighted by Crippen LogP contribution is 2.43. The number of rotatable bonds is 5. The standard InChI is InChI=1S/C14H19F2NO3/c1-14(2)11(7-12(14)18)17-8-4-5-9(19-3)10(6-8)20-13(15)16/h4-6,11-13,17-18H,7H2,1-3H3. The molecule has 0 saturated heterocycles. The SMILES string of the molecule is COc1ccc(NC2CC(O)C2(C)C)cc1OC(F)F. The van der Waals surface area contributed by atoms with Gasteiger partial charge in [0.2, 0.25) is 0 Å². The number of benzene rings is 1. The summed E-state index contributed by atoms with van der Waals surface area (Å²) in [5, 5.41) is 12.9. The normalized spacial score (nSPS) is 24.1.